The normalized spacial score (nSPS) is 12.8. The monoisotopic (exact) mass is 403 g/mol. The Balaban J connectivity index is 2.08. The van der Waals surface area contributed by atoms with E-state index in [4.69, 9.17) is 0 Å². The summed E-state index contributed by atoms with van der Waals surface area (Å²) in [4.78, 5) is 28.9. The first-order chi connectivity index (χ1) is 13.6. The number of hydrogen-bond donors (Lipinski definition) is 1. The molecule has 0 saturated heterocycles. The van der Waals surface area contributed by atoms with Crippen molar-refractivity contribution in [3.05, 3.63) is 75.2 Å². The highest BCUT2D eigenvalue weighted by atomic mass is 19.4. The number of halogens is 3. The van der Waals surface area contributed by atoms with Gasteiger partial charge in [-0.3, -0.25) is 14.2 Å². The van der Waals surface area contributed by atoms with Crippen LogP contribution in [0.3, 0.4) is 0 Å². The molecule has 1 N–H and O–H groups in total. The lowest BCUT2D eigenvalue weighted by Crippen LogP contribution is -2.39. The van der Waals surface area contributed by atoms with Crippen molar-refractivity contribution in [2.45, 2.75) is 39.5 Å². The Morgan fingerprint density at radius 2 is 1.76 bits per heavy atom. The van der Waals surface area contributed by atoms with Crippen LogP contribution in [-0.4, -0.2) is 15.5 Å². The lowest BCUT2D eigenvalue weighted by atomic mass is 10.1. The molecule has 1 unspecified atom stereocenters. The van der Waals surface area contributed by atoms with Gasteiger partial charge in [-0.1, -0.05) is 30.3 Å². The number of nitrogens with one attached hydrogen (secondary N) is 1. The molecule has 1 amide bonds. The van der Waals surface area contributed by atoms with E-state index < -0.39 is 29.4 Å². The molecule has 0 aliphatic heterocycles. The predicted octanol–water partition coefficient (Wildman–Crippen LogP) is 3.91. The maximum Gasteiger partial charge on any atom is 0.438 e. The molecular weight excluding hydrogens is 383 g/mol. The molecule has 2 aromatic carbocycles. The highest BCUT2D eigenvalue weighted by Crippen LogP contribution is 2.28. The summed E-state index contributed by atoms with van der Waals surface area (Å²) >= 11 is 0. The molecule has 0 spiro atoms. The molecule has 0 bridgehead atoms. The number of fused-ring (bicyclic) bond motifs is 1. The first-order valence-corrected chi connectivity index (χ1v) is 9.02. The topological polar surface area (TPSA) is 64.0 Å². The maximum absolute atomic E-state index is 13.4. The van der Waals surface area contributed by atoms with Crippen LogP contribution in [0, 0.1) is 13.8 Å². The molecule has 0 aliphatic carbocycles. The van der Waals surface area contributed by atoms with Crippen molar-refractivity contribution < 1.29 is 18.0 Å². The SMILES string of the molecule is Cc1cc2nc(C(F)(F)F)c(=O)n(C(C)C(=O)NCc3ccccc3)c2cc1C. The zero-order chi connectivity index (χ0) is 21.3. The van der Waals surface area contributed by atoms with Gasteiger partial charge in [0, 0.05) is 6.54 Å². The quantitative estimate of drug-likeness (QED) is 0.719. The molecule has 3 rings (SSSR count). The Bertz CT molecular complexity index is 1120. The second-order valence-corrected chi connectivity index (χ2v) is 6.94. The fourth-order valence-electron chi connectivity index (χ4n) is 3.08. The minimum Gasteiger partial charge on any atom is -0.350 e. The van der Waals surface area contributed by atoms with E-state index in [-0.39, 0.29) is 17.6 Å². The molecule has 1 atom stereocenters. The van der Waals surface area contributed by atoms with E-state index in [2.05, 4.69) is 10.3 Å². The van der Waals surface area contributed by atoms with Crippen LogP contribution in [0.2, 0.25) is 0 Å². The highest BCUT2D eigenvalue weighted by molar-refractivity contribution is 5.84. The summed E-state index contributed by atoms with van der Waals surface area (Å²) in [6.45, 7) is 5.12. The molecule has 0 aliphatic rings. The number of carbonyl (C=O) groups excluding carboxylic acids is 1. The highest BCUT2D eigenvalue weighted by Gasteiger charge is 2.38. The summed E-state index contributed by atoms with van der Waals surface area (Å²) in [5.74, 6) is -0.560. The van der Waals surface area contributed by atoms with Gasteiger partial charge in [0.05, 0.1) is 11.0 Å². The second kappa shape index (κ2) is 7.69. The van der Waals surface area contributed by atoms with Crippen molar-refractivity contribution in [3.8, 4) is 0 Å². The molecule has 152 valence electrons. The summed E-state index contributed by atoms with van der Waals surface area (Å²) in [6.07, 6.45) is -4.92. The Kier molecular flexibility index (Phi) is 5.46. The standard InChI is InChI=1S/C21H20F3N3O2/c1-12-9-16-17(10-13(12)2)27(20(29)18(26-16)21(22,23)24)14(3)19(28)25-11-15-7-5-4-6-8-15/h4-10,14H,11H2,1-3H3,(H,25,28). The molecule has 0 fully saturated rings. The van der Waals surface area contributed by atoms with E-state index in [9.17, 15) is 22.8 Å². The third kappa shape index (κ3) is 4.16. The first kappa shape index (κ1) is 20.6. The minimum absolute atomic E-state index is 0.0164. The Morgan fingerprint density at radius 3 is 2.38 bits per heavy atom. The van der Waals surface area contributed by atoms with Crippen molar-refractivity contribution in [1.29, 1.82) is 0 Å². The Hall–Kier alpha value is -3.16. The van der Waals surface area contributed by atoms with Crippen LogP contribution in [0.4, 0.5) is 13.2 Å². The zero-order valence-electron chi connectivity index (χ0n) is 16.2. The minimum atomic E-state index is -4.92. The van der Waals surface area contributed by atoms with Gasteiger partial charge in [0.25, 0.3) is 5.56 Å². The Labute approximate surface area is 165 Å². The molecule has 1 heterocycles. The summed E-state index contributed by atoms with van der Waals surface area (Å²) in [5, 5.41) is 2.67. The number of amides is 1. The van der Waals surface area contributed by atoms with Gasteiger partial charge < -0.3 is 5.32 Å². The van der Waals surface area contributed by atoms with Crippen molar-refractivity contribution in [2.75, 3.05) is 0 Å². The summed E-state index contributed by atoms with van der Waals surface area (Å²) in [7, 11) is 0. The van der Waals surface area contributed by atoms with E-state index in [1.54, 1.807) is 19.9 Å². The average molecular weight is 403 g/mol. The fourth-order valence-corrected chi connectivity index (χ4v) is 3.08. The molecule has 0 radical (unpaired) electrons. The van der Waals surface area contributed by atoms with Crippen molar-refractivity contribution >= 4 is 16.9 Å². The molecule has 1 aromatic heterocycles. The predicted molar refractivity (Wildman–Crippen MR) is 103 cm³/mol. The van der Waals surface area contributed by atoms with Gasteiger partial charge in [-0.25, -0.2) is 4.98 Å². The number of carbonyl (C=O) groups is 1. The number of hydrogen-bond acceptors (Lipinski definition) is 3. The van der Waals surface area contributed by atoms with Crippen LogP contribution in [0.1, 0.15) is 35.3 Å². The summed E-state index contributed by atoms with van der Waals surface area (Å²) in [5.41, 5.74) is -0.307. The largest absolute Gasteiger partial charge is 0.438 e. The number of nitrogens with zero attached hydrogens (tertiary/aromatic N) is 2. The number of aryl methyl sites for hydroxylation is 2. The van der Waals surface area contributed by atoms with Gasteiger partial charge in [0.15, 0.2) is 0 Å². The maximum atomic E-state index is 13.4. The van der Waals surface area contributed by atoms with Crippen LogP contribution in [0.25, 0.3) is 11.0 Å². The first-order valence-electron chi connectivity index (χ1n) is 9.02. The number of aromatic nitrogens is 2. The van der Waals surface area contributed by atoms with E-state index in [0.29, 0.717) is 0 Å². The lowest BCUT2D eigenvalue weighted by molar-refractivity contribution is -0.142. The van der Waals surface area contributed by atoms with Gasteiger partial charge in [-0.15, -0.1) is 0 Å². The molecule has 29 heavy (non-hydrogen) atoms. The van der Waals surface area contributed by atoms with Crippen molar-refractivity contribution in [2.24, 2.45) is 0 Å². The van der Waals surface area contributed by atoms with Crippen molar-refractivity contribution in [3.63, 3.8) is 0 Å². The third-order valence-electron chi connectivity index (χ3n) is 4.85. The van der Waals surface area contributed by atoms with E-state index >= 15 is 0 Å². The molecule has 8 heteroatoms. The van der Waals surface area contributed by atoms with E-state index in [0.717, 1.165) is 21.3 Å². The fraction of sp³-hybridized carbons (Fsp3) is 0.286. The van der Waals surface area contributed by atoms with E-state index in [1.807, 2.05) is 30.3 Å². The van der Waals surface area contributed by atoms with Gasteiger partial charge in [-0.2, -0.15) is 13.2 Å². The van der Waals surface area contributed by atoms with E-state index in [1.165, 1.54) is 13.0 Å². The van der Waals surface area contributed by atoms with Crippen molar-refractivity contribution in [1.82, 2.24) is 14.9 Å². The number of benzene rings is 2. The van der Waals surface area contributed by atoms with Crippen LogP contribution in [-0.2, 0) is 17.5 Å². The van der Waals surface area contributed by atoms with Gasteiger partial charge in [0.2, 0.25) is 11.6 Å². The molecule has 0 saturated carbocycles. The molecule has 5 nitrogen and oxygen atoms in total. The summed E-state index contributed by atoms with van der Waals surface area (Å²) in [6, 6.07) is 11.0. The Morgan fingerprint density at radius 1 is 1.14 bits per heavy atom. The lowest BCUT2D eigenvalue weighted by Gasteiger charge is -2.20. The van der Waals surface area contributed by atoms with Crippen LogP contribution < -0.4 is 10.9 Å². The van der Waals surface area contributed by atoms with Gasteiger partial charge in [-0.05, 0) is 49.6 Å². The van der Waals surface area contributed by atoms with Crippen LogP contribution in [0.5, 0.6) is 0 Å². The zero-order valence-corrected chi connectivity index (χ0v) is 16.2. The van der Waals surface area contributed by atoms with Crippen LogP contribution in [0.15, 0.2) is 47.3 Å². The average Bonchev–Trinajstić information content (AvgIpc) is 2.66. The molecular formula is C21H20F3N3O2. The summed E-state index contributed by atoms with van der Waals surface area (Å²) < 4.78 is 41.1. The second-order valence-electron chi connectivity index (χ2n) is 6.94. The van der Waals surface area contributed by atoms with Gasteiger partial charge in [0.1, 0.15) is 6.04 Å². The number of alkyl halides is 3. The number of rotatable bonds is 4. The third-order valence-corrected chi connectivity index (χ3v) is 4.85. The van der Waals surface area contributed by atoms with Gasteiger partial charge >= 0.3 is 6.18 Å². The van der Waals surface area contributed by atoms with Crippen LogP contribution >= 0.6 is 0 Å². The molecule has 3 aromatic rings. The smallest absolute Gasteiger partial charge is 0.350 e.